The van der Waals surface area contributed by atoms with Crippen LogP contribution in [0.15, 0.2) is 42.5 Å². The van der Waals surface area contributed by atoms with E-state index < -0.39 is 5.97 Å². The lowest BCUT2D eigenvalue weighted by atomic mass is 10.0. The number of ether oxygens (including phenoxy) is 3. The molecule has 1 aliphatic rings. The molecule has 9 heteroatoms. The first-order valence-electron chi connectivity index (χ1n) is 11.9. The third kappa shape index (κ3) is 4.39. The second kappa shape index (κ2) is 10.2. The lowest BCUT2D eigenvalue weighted by Gasteiger charge is -2.12. The molecule has 0 spiro atoms. The lowest BCUT2D eigenvalue weighted by molar-refractivity contribution is 0.0457. The molecule has 1 aliphatic carbocycles. The topological polar surface area (TPSA) is 101 Å². The smallest absolute Gasteiger partial charge is 0.339 e. The Morgan fingerprint density at radius 1 is 1.08 bits per heavy atom. The van der Waals surface area contributed by atoms with Crippen LogP contribution in [0.5, 0.6) is 11.5 Å². The average Bonchev–Trinajstić information content (AvgIpc) is 3.52. The summed E-state index contributed by atoms with van der Waals surface area (Å²) in [6, 6.07) is 13.4. The van der Waals surface area contributed by atoms with Gasteiger partial charge in [-0.25, -0.2) is 14.5 Å². The Balaban J connectivity index is 1.51. The van der Waals surface area contributed by atoms with Crippen molar-refractivity contribution in [3.63, 3.8) is 0 Å². The Labute approximate surface area is 208 Å². The highest BCUT2D eigenvalue weighted by atomic mass is 16.5. The molecule has 0 bridgehead atoms. The summed E-state index contributed by atoms with van der Waals surface area (Å²) in [5.74, 6) is 1.45. The van der Waals surface area contributed by atoms with Gasteiger partial charge in [-0.3, -0.25) is 0 Å². The number of carbonyl (C=O) groups excluding carboxylic acids is 1. The van der Waals surface area contributed by atoms with Crippen LogP contribution in [0, 0.1) is 0 Å². The van der Waals surface area contributed by atoms with Crippen molar-refractivity contribution in [3.05, 3.63) is 70.7 Å². The zero-order valence-electron chi connectivity index (χ0n) is 20.5. The molecular weight excluding hydrogens is 458 g/mol. The summed E-state index contributed by atoms with van der Waals surface area (Å²) in [6.07, 6.45) is 4.43. The van der Waals surface area contributed by atoms with E-state index in [1.807, 2.05) is 49.4 Å². The number of esters is 1. The van der Waals surface area contributed by atoms with Gasteiger partial charge < -0.3 is 14.2 Å². The number of nitrogens with zero attached hydrogens (tertiary/aromatic N) is 5. The van der Waals surface area contributed by atoms with Crippen LogP contribution in [-0.4, -0.2) is 45.4 Å². The molecule has 5 rings (SSSR count). The highest BCUT2D eigenvalue weighted by Gasteiger charge is 2.28. The summed E-state index contributed by atoms with van der Waals surface area (Å²) in [5, 5.41) is 12.5. The molecule has 9 nitrogen and oxygen atoms in total. The third-order valence-corrected chi connectivity index (χ3v) is 6.27. The van der Waals surface area contributed by atoms with Gasteiger partial charge in [0.05, 0.1) is 31.0 Å². The molecule has 4 aromatic rings. The van der Waals surface area contributed by atoms with E-state index >= 15 is 0 Å². The van der Waals surface area contributed by atoms with Crippen LogP contribution in [0.4, 0.5) is 0 Å². The average molecular weight is 486 g/mol. The standard InChI is InChI=1S/C27H27N5O4/c1-4-13-32-24(29-30-31-32)16-36-27(33)25-19-7-5-6-8-21(19)28-26-18(10-11-20(25)26)14-17-9-12-22(34-2)23(15-17)35-3/h5-9,12,14-15H,4,10-11,13,16H2,1-3H3/b18-14-. The molecule has 0 N–H and O–H groups in total. The lowest BCUT2D eigenvalue weighted by Crippen LogP contribution is -2.13. The van der Waals surface area contributed by atoms with Crippen LogP contribution in [-0.2, 0) is 24.3 Å². The van der Waals surface area contributed by atoms with E-state index in [1.165, 1.54) is 0 Å². The normalized spacial score (nSPS) is 13.7. The maximum absolute atomic E-state index is 13.4. The summed E-state index contributed by atoms with van der Waals surface area (Å²) < 4.78 is 18.2. The number of hydrogen-bond acceptors (Lipinski definition) is 8. The number of rotatable bonds is 8. The Bertz CT molecular complexity index is 1460. The van der Waals surface area contributed by atoms with E-state index in [4.69, 9.17) is 19.2 Å². The van der Waals surface area contributed by atoms with Gasteiger partial charge in [0.15, 0.2) is 23.9 Å². The first-order chi connectivity index (χ1) is 17.6. The fraction of sp³-hybridized carbons (Fsp3) is 0.296. The number of pyridine rings is 1. The van der Waals surface area contributed by atoms with E-state index in [9.17, 15) is 4.79 Å². The Kier molecular flexibility index (Phi) is 6.62. The molecule has 0 aliphatic heterocycles. The largest absolute Gasteiger partial charge is 0.493 e. The van der Waals surface area contributed by atoms with Crippen LogP contribution >= 0.6 is 0 Å². The van der Waals surface area contributed by atoms with Crippen LogP contribution < -0.4 is 9.47 Å². The molecule has 0 unspecified atom stereocenters. The summed E-state index contributed by atoms with van der Waals surface area (Å²) in [5.41, 5.74) is 5.06. The van der Waals surface area contributed by atoms with Gasteiger partial charge in [-0.05, 0) is 70.7 Å². The van der Waals surface area contributed by atoms with Crippen LogP contribution in [0.25, 0.3) is 22.6 Å². The van der Waals surface area contributed by atoms with Crippen molar-refractivity contribution in [2.75, 3.05) is 14.2 Å². The van der Waals surface area contributed by atoms with E-state index in [0.717, 1.165) is 46.1 Å². The quantitative estimate of drug-likeness (QED) is 0.337. The number of allylic oxidation sites excluding steroid dienone is 1. The second-order valence-corrected chi connectivity index (χ2v) is 8.51. The Hall–Kier alpha value is -4.27. The summed E-state index contributed by atoms with van der Waals surface area (Å²) in [7, 11) is 3.23. The van der Waals surface area contributed by atoms with Crippen molar-refractivity contribution < 1.29 is 19.0 Å². The zero-order chi connectivity index (χ0) is 25.1. The number of methoxy groups -OCH3 is 2. The number of fused-ring (bicyclic) bond motifs is 2. The van der Waals surface area contributed by atoms with Crippen molar-refractivity contribution >= 4 is 28.5 Å². The molecule has 184 valence electrons. The molecule has 0 saturated carbocycles. The fourth-order valence-electron chi connectivity index (χ4n) is 4.57. The molecule has 2 aromatic heterocycles. The van der Waals surface area contributed by atoms with Gasteiger partial charge in [-0.1, -0.05) is 31.2 Å². The van der Waals surface area contributed by atoms with Gasteiger partial charge >= 0.3 is 5.97 Å². The highest BCUT2D eigenvalue weighted by Crippen LogP contribution is 2.38. The van der Waals surface area contributed by atoms with Crippen LogP contribution in [0.3, 0.4) is 0 Å². The minimum absolute atomic E-state index is 0.00555. The molecule has 0 atom stereocenters. The van der Waals surface area contributed by atoms with Gasteiger partial charge in [0.25, 0.3) is 0 Å². The number of benzene rings is 2. The minimum Gasteiger partial charge on any atom is -0.493 e. The first-order valence-corrected chi connectivity index (χ1v) is 11.9. The third-order valence-electron chi connectivity index (χ3n) is 6.27. The molecule has 2 aromatic carbocycles. The Morgan fingerprint density at radius 3 is 2.72 bits per heavy atom. The molecule has 0 radical (unpaired) electrons. The SMILES string of the molecule is CCCn1nnnc1COC(=O)c1c2c(nc3ccccc13)/C(=C\c1ccc(OC)c(OC)c1)CC2. The Morgan fingerprint density at radius 2 is 1.92 bits per heavy atom. The monoisotopic (exact) mass is 485 g/mol. The van der Waals surface area contributed by atoms with Gasteiger partial charge in [-0.15, -0.1) is 5.10 Å². The van der Waals surface area contributed by atoms with Gasteiger partial charge in [0.2, 0.25) is 0 Å². The predicted octanol–water partition coefficient (Wildman–Crippen LogP) is 4.49. The van der Waals surface area contributed by atoms with Crippen LogP contribution in [0.1, 0.15) is 52.8 Å². The summed E-state index contributed by atoms with van der Waals surface area (Å²) in [6.45, 7) is 2.71. The molecular formula is C27H27N5O4. The molecule has 2 heterocycles. The van der Waals surface area contributed by atoms with Crippen molar-refractivity contribution in [1.82, 2.24) is 25.2 Å². The van der Waals surface area contributed by atoms with Crippen molar-refractivity contribution in [3.8, 4) is 11.5 Å². The first kappa shape index (κ1) is 23.5. The van der Waals surface area contributed by atoms with E-state index in [2.05, 4.69) is 21.6 Å². The second-order valence-electron chi connectivity index (χ2n) is 8.51. The van der Waals surface area contributed by atoms with E-state index in [-0.39, 0.29) is 6.61 Å². The molecule has 36 heavy (non-hydrogen) atoms. The number of carbonyl (C=O) groups is 1. The maximum Gasteiger partial charge on any atom is 0.339 e. The number of aromatic nitrogens is 5. The fourth-order valence-corrected chi connectivity index (χ4v) is 4.57. The van der Waals surface area contributed by atoms with Crippen molar-refractivity contribution in [2.24, 2.45) is 0 Å². The minimum atomic E-state index is -0.400. The number of hydrogen-bond donors (Lipinski definition) is 0. The summed E-state index contributed by atoms with van der Waals surface area (Å²) in [4.78, 5) is 18.4. The highest BCUT2D eigenvalue weighted by molar-refractivity contribution is 6.07. The molecule has 0 fully saturated rings. The number of para-hydroxylation sites is 1. The number of aryl methyl sites for hydroxylation is 1. The predicted molar refractivity (Wildman–Crippen MR) is 135 cm³/mol. The van der Waals surface area contributed by atoms with Crippen molar-refractivity contribution in [1.29, 1.82) is 0 Å². The van der Waals surface area contributed by atoms with Gasteiger partial charge in [-0.2, -0.15) is 0 Å². The van der Waals surface area contributed by atoms with E-state index in [0.29, 0.717) is 35.9 Å². The van der Waals surface area contributed by atoms with Crippen LogP contribution in [0.2, 0.25) is 0 Å². The van der Waals surface area contributed by atoms with E-state index in [1.54, 1.807) is 18.9 Å². The van der Waals surface area contributed by atoms with Gasteiger partial charge in [0.1, 0.15) is 0 Å². The van der Waals surface area contributed by atoms with Crippen molar-refractivity contribution in [2.45, 2.75) is 39.3 Å². The van der Waals surface area contributed by atoms with Gasteiger partial charge in [0, 0.05) is 11.9 Å². The number of tetrazole rings is 1. The molecule has 0 amide bonds. The molecule has 0 saturated heterocycles. The zero-order valence-corrected chi connectivity index (χ0v) is 20.5. The summed E-state index contributed by atoms with van der Waals surface area (Å²) >= 11 is 0. The maximum atomic E-state index is 13.4.